The highest BCUT2D eigenvalue weighted by Gasteiger charge is 2.03. The molecule has 0 aromatic carbocycles. The van der Waals surface area contributed by atoms with Crippen LogP contribution in [0.2, 0.25) is 0 Å². The van der Waals surface area contributed by atoms with Gasteiger partial charge in [0.15, 0.2) is 0 Å². The standard InChI is InChI=1S/C9H17NO4S/c1-3-8(9(11)12)4-5-10-6-7-15(2,13)14/h4,10H,3,5-7H2,1-2H3,(H,11,12). The van der Waals surface area contributed by atoms with E-state index < -0.39 is 15.8 Å². The lowest BCUT2D eigenvalue weighted by Crippen LogP contribution is -2.22. The molecule has 0 bridgehead atoms. The predicted octanol–water partition coefficient (Wildman–Crippen LogP) is 0.0416. The molecule has 0 radical (unpaired) electrons. The third-order valence-corrected chi connectivity index (χ3v) is 2.74. The molecule has 0 amide bonds. The number of hydrogen-bond donors (Lipinski definition) is 2. The van der Waals surface area contributed by atoms with Crippen LogP contribution in [0.1, 0.15) is 13.3 Å². The lowest BCUT2D eigenvalue weighted by Gasteiger charge is -2.01. The third kappa shape index (κ3) is 8.14. The topological polar surface area (TPSA) is 83.5 Å². The zero-order valence-electron chi connectivity index (χ0n) is 8.99. The Kier molecular flexibility index (Phi) is 6.19. The Morgan fingerprint density at radius 2 is 2.07 bits per heavy atom. The Morgan fingerprint density at radius 3 is 2.47 bits per heavy atom. The number of hydrogen-bond acceptors (Lipinski definition) is 4. The van der Waals surface area contributed by atoms with E-state index in [1.54, 1.807) is 13.0 Å². The van der Waals surface area contributed by atoms with E-state index in [2.05, 4.69) is 5.32 Å². The first-order valence-corrected chi connectivity index (χ1v) is 6.73. The number of aliphatic carboxylic acids is 1. The minimum absolute atomic E-state index is 0.0649. The van der Waals surface area contributed by atoms with Gasteiger partial charge in [-0.1, -0.05) is 13.0 Å². The van der Waals surface area contributed by atoms with Crippen LogP contribution in [-0.4, -0.2) is 44.6 Å². The maximum atomic E-state index is 10.7. The van der Waals surface area contributed by atoms with Crippen molar-refractivity contribution in [2.75, 3.05) is 25.1 Å². The maximum Gasteiger partial charge on any atom is 0.331 e. The van der Waals surface area contributed by atoms with Gasteiger partial charge in [0.25, 0.3) is 0 Å². The van der Waals surface area contributed by atoms with E-state index in [9.17, 15) is 13.2 Å². The number of rotatable bonds is 7. The van der Waals surface area contributed by atoms with Gasteiger partial charge >= 0.3 is 5.97 Å². The summed E-state index contributed by atoms with van der Waals surface area (Å²) in [4.78, 5) is 10.6. The molecular formula is C9H17NO4S. The van der Waals surface area contributed by atoms with Crippen molar-refractivity contribution in [2.24, 2.45) is 0 Å². The summed E-state index contributed by atoms with van der Waals surface area (Å²) in [7, 11) is -2.95. The first-order chi connectivity index (χ1) is 6.87. The number of carboxylic acids is 1. The SMILES string of the molecule is CCC(=CCNCCS(C)(=O)=O)C(=O)O. The normalized spacial score (nSPS) is 12.8. The molecule has 0 atom stereocenters. The Bertz CT molecular complexity index is 332. The van der Waals surface area contributed by atoms with Gasteiger partial charge in [-0.15, -0.1) is 0 Å². The van der Waals surface area contributed by atoms with Gasteiger partial charge in [-0.3, -0.25) is 0 Å². The van der Waals surface area contributed by atoms with Gasteiger partial charge in [-0.05, 0) is 6.42 Å². The van der Waals surface area contributed by atoms with Crippen LogP contribution in [0, 0.1) is 0 Å². The van der Waals surface area contributed by atoms with Crippen molar-refractivity contribution in [1.82, 2.24) is 5.32 Å². The van der Waals surface area contributed by atoms with Gasteiger partial charge in [-0.2, -0.15) is 0 Å². The van der Waals surface area contributed by atoms with E-state index in [1.165, 1.54) is 6.26 Å². The second kappa shape index (κ2) is 6.58. The van der Waals surface area contributed by atoms with E-state index in [-0.39, 0.29) is 5.75 Å². The molecule has 0 aliphatic heterocycles. The third-order valence-electron chi connectivity index (χ3n) is 1.80. The fourth-order valence-electron chi connectivity index (χ4n) is 0.938. The minimum atomic E-state index is -2.95. The molecule has 5 nitrogen and oxygen atoms in total. The van der Waals surface area contributed by atoms with Crippen molar-refractivity contribution in [1.29, 1.82) is 0 Å². The van der Waals surface area contributed by atoms with Gasteiger partial charge in [0.05, 0.1) is 5.75 Å². The Morgan fingerprint density at radius 1 is 1.47 bits per heavy atom. The summed E-state index contributed by atoms with van der Waals surface area (Å²) >= 11 is 0. The van der Waals surface area contributed by atoms with Crippen LogP contribution in [-0.2, 0) is 14.6 Å². The molecule has 0 saturated carbocycles. The fraction of sp³-hybridized carbons (Fsp3) is 0.667. The average molecular weight is 235 g/mol. The molecular weight excluding hydrogens is 218 g/mol. The van der Waals surface area contributed by atoms with Crippen LogP contribution in [0.5, 0.6) is 0 Å². The second-order valence-corrected chi connectivity index (χ2v) is 5.48. The molecule has 0 saturated heterocycles. The summed E-state index contributed by atoms with van der Waals surface area (Å²) in [5.74, 6) is -0.863. The molecule has 0 aliphatic rings. The quantitative estimate of drug-likeness (QED) is 0.481. The van der Waals surface area contributed by atoms with Crippen LogP contribution in [0.25, 0.3) is 0 Å². The van der Waals surface area contributed by atoms with E-state index >= 15 is 0 Å². The van der Waals surface area contributed by atoms with Crippen molar-refractivity contribution in [3.63, 3.8) is 0 Å². The molecule has 88 valence electrons. The second-order valence-electron chi connectivity index (χ2n) is 3.22. The number of sulfone groups is 1. The first kappa shape index (κ1) is 14.1. The van der Waals surface area contributed by atoms with Crippen LogP contribution in [0.4, 0.5) is 0 Å². The summed E-state index contributed by atoms with van der Waals surface area (Å²) in [6.07, 6.45) is 3.19. The monoisotopic (exact) mass is 235 g/mol. The van der Waals surface area contributed by atoms with Crippen molar-refractivity contribution in [3.8, 4) is 0 Å². The molecule has 2 N–H and O–H groups in total. The largest absolute Gasteiger partial charge is 0.478 e. The van der Waals surface area contributed by atoms with Gasteiger partial charge in [0, 0.05) is 24.9 Å². The molecule has 0 fully saturated rings. The molecule has 6 heteroatoms. The smallest absolute Gasteiger partial charge is 0.331 e. The fourth-order valence-corrected chi connectivity index (χ4v) is 1.45. The molecule has 0 spiro atoms. The summed E-state index contributed by atoms with van der Waals surface area (Å²) in [6.45, 7) is 2.48. The highest BCUT2D eigenvalue weighted by Crippen LogP contribution is 1.98. The number of carbonyl (C=O) groups is 1. The summed E-state index contributed by atoms with van der Waals surface area (Å²) in [5, 5.41) is 11.5. The van der Waals surface area contributed by atoms with Crippen LogP contribution in [0.3, 0.4) is 0 Å². The Balaban J connectivity index is 3.83. The van der Waals surface area contributed by atoms with Gasteiger partial charge in [-0.25, -0.2) is 13.2 Å². The molecule has 0 aromatic rings. The van der Waals surface area contributed by atoms with E-state index in [0.717, 1.165) is 0 Å². The maximum absolute atomic E-state index is 10.7. The highest BCUT2D eigenvalue weighted by atomic mass is 32.2. The molecule has 0 heterocycles. The molecule has 0 unspecified atom stereocenters. The molecule has 0 rings (SSSR count). The van der Waals surface area contributed by atoms with E-state index in [0.29, 0.717) is 25.1 Å². The van der Waals surface area contributed by atoms with Crippen LogP contribution < -0.4 is 5.32 Å². The minimum Gasteiger partial charge on any atom is -0.478 e. The van der Waals surface area contributed by atoms with Crippen molar-refractivity contribution in [3.05, 3.63) is 11.6 Å². The van der Waals surface area contributed by atoms with Gasteiger partial charge < -0.3 is 10.4 Å². The number of nitrogens with one attached hydrogen (secondary N) is 1. The Hall–Kier alpha value is -0.880. The van der Waals surface area contributed by atoms with Crippen molar-refractivity contribution >= 4 is 15.8 Å². The number of carboxylic acid groups (broad SMARTS) is 1. The van der Waals surface area contributed by atoms with E-state index in [4.69, 9.17) is 5.11 Å². The summed E-state index contributed by atoms with van der Waals surface area (Å²) in [5.41, 5.74) is 0.335. The van der Waals surface area contributed by atoms with Crippen LogP contribution in [0.15, 0.2) is 11.6 Å². The lowest BCUT2D eigenvalue weighted by molar-refractivity contribution is -0.132. The highest BCUT2D eigenvalue weighted by molar-refractivity contribution is 7.90. The molecule has 0 aliphatic carbocycles. The zero-order chi connectivity index (χ0) is 11.9. The van der Waals surface area contributed by atoms with Crippen molar-refractivity contribution < 1.29 is 18.3 Å². The lowest BCUT2D eigenvalue weighted by atomic mass is 10.2. The first-order valence-electron chi connectivity index (χ1n) is 4.67. The Labute approximate surface area is 90.1 Å². The molecule has 15 heavy (non-hydrogen) atoms. The summed E-state index contributed by atoms with van der Waals surface area (Å²) < 4.78 is 21.5. The van der Waals surface area contributed by atoms with Gasteiger partial charge in [0.1, 0.15) is 9.84 Å². The van der Waals surface area contributed by atoms with E-state index in [1.807, 2.05) is 0 Å². The molecule has 0 aromatic heterocycles. The van der Waals surface area contributed by atoms with Gasteiger partial charge in [0.2, 0.25) is 0 Å². The predicted molar refractivity (Wildman–Crippen MR) is 58.6 cm³/mol. The van der Waals surface area contributed by atoms with Crippen LogP contribution >= 0.6 is 0 Å². The zero-order valence-corrected chi connectivity index (χ0v) is 9.80. The average Bonchev–Trinajstić information content (AvgIpc) is 2.08. The van der Waals surface area contributed by atoms with Crippen molar-refractivity contribution in [2.45, 2.75) is 13.3 Å². The summed E-state index contributed by atoms with van der Waals surface area (Å²) in [6, 6.07) is 0.